The Balaban J connectivity index is 2.06. The molecule has 0 radical (unpaired) electrons. The fraction of sp³-hybridized carbons (Fsp3) is 0.333. The number of nitrogens with zero attached hydrogens (tertiary/aromatic N) is 5. The molecule has 2 aromatic rings. The highest BCUT2D eigenvalue weighted by Crippen LogP contribution is 2.07. The lowest BCUT2D eigenvalue weighted by atomic mass is 10.4. The van der Waals surface area contributed by atoms with Crippen molar-refractivity contribution in [1.29, 1.82) is 0 Å². The van der Waals surface area contributed by atoms with Crippen LogP contribution in [0.3, 0.4) is 0 Å². The van der Waals surface area contributed by atoms with Crippen molar-refractivity contribution in [3.8, 4) is 0 Å². The third-order valence-electron chi connectivity index (χ3n) is 2.10. The summed E-state index contributed by atoms with van der Waals surface area (Å²) in [5.41, 5.74) is 0.875. The highest BCUT2D eigenvalue weighted by Gasteiger charge is 2.02. The van der Waals surface area contributed by atoms with Gasteiger partial charge in [0.05, 0.1) is 12.2 Å². The van der Waals surface area contributed by atoms with Crippen LogP contribution >= 0.6 is 0 Å². The van der Waals surface area contributed by atoms with Crippen molar-refractivity contribution < 1.29 is 0 Å². The lowest BCUT2D eigenvalue weighted by Crippen LogP contribution is -2.08. The van der Waals surface area contributed by atoms with E-state index in [1.54, 1.807) is 18.7 Å². The van der Waals surface area contributed by atoms with Gasteiger partial charge in [-0.05, 0) is 6.92 Å². The second-order valence-electron chi connectivity index (χ2n) is 3.20. The maximum absolute atomic E-state index is 4.18. The third kappa shape index (κ3) is 2.09. The average Bonchev–Trinajstić information content (AvgIpc) is 2.63. The van der Waals surface area contributed by atoms with E-state index in [2.05, 4.69) is 25.5 Å². The molecular formula is C9H12N6. The average molecular weight is 204 g/mol. The molecule has 0 aromatic carbocycles. The molecule has 6 nitrogen and oxygen atoms in total. The van der Waals surface area contributed by atoms with Gasteiger partial charge in [-0.2, -0.15) is 0 Å². The van der Waals surface area contributed by atoms with Gasteiger partial charge in [-0.15, -0.1) is 10.2 Å². The number of anilines is 1. The van der Waals surface area contributed by atoms with Crippen LogP contribution in [-0.2, 0) is 13.6 Å². The summed E-state index contributed by atoms with van der Waals surface area (Å²) >= 11 is 0. The normalized spacial score (nSPS) is 10.3. The molecule has 0 unspecified atom stereocenters. The monoisotopic (exact) mass is 204 g/mol. The van der Waals surface area contributed by atoms with E-state index < -0.39 is 0 Å². The molecule has 78 valence electrons. The summed E-state index contributed by atoms with van der Waals surface area (Å²) in [6.45, 7) is 2.50. The van der Waals surface area contributed by atoms with E-state index >= 15 is 0 Å². The zero-order valence-corrected chi connectivity index (χ0v) is 8.68. The van der Waals surface area contributed by atoms with Crippen molar-refractivity contribution in [2.24, 2.45) is 7.05 Å². The predicted molar refractivity (Wildman–Crippen MR) is 55.1 cm³/mol. The van der Waals surface area contributed by atoms with E-state index in [9.17, 15) is 0 Å². The number of aryl methyl sites for hydroxylation is 2. The Labute approximate surface area is 87.4 Å². The molecule has 2 rings (SSSR count). The summed E-state index contributed by atoms with van der Waals surface area (Å²) in [4.78, 5) is 8.31. The van der Waals surface area contributed by atoms with Crippen LogP contribution in [0.4, 0.5) is 5.82 Å². The minimum absolute atomic E-state index is 0.593. The SMILES string of the molecule is Cc1nccnc1NCc1nncn1C. The molecule has 0 amide bonds. The first-order chi connectivity index (χ1) is 7.27. The van der Waals surface area contributed by atoms with Crippen LogP contribution in [0.2, 0.25) is 0 Å². The largest absolute Gasteiger partial charge is 0.361 e. The second kappa shape index (κ2) is 4.04. The maximum Gasteiger partial charge on any atom is 0.151 e. The fourth-order valence-corrected chi connectivity index (χ4v) is 1.21. The number of hydrogen-bond donors (Lipinski definition) is 1. The molecule has 0 fully saturated rings. The van der Waals surface area contributed by atoms with Crippen molar-refractivity contribution in [3.63, 3.8) is 0 Å². The molecular weight excluding hydrogens is 192 g/mol. The van der Waals surface area contributed by atoms with Gasteiger partial charge in [0.2, 0.25) is 0 Å². The van der Waals surface area contributed by atoms with Gasteiger partial charge in [-0.25, -0.2) is 4.98 Å². The number of nitrogens with one attached hydrogen (secondary N) is 1. The minimum Gasteiger partial charge on any atom is -0.361 e. The smallest absolute Gasteiger partial charge is 0.151 e. The first kappa shape index (κ1) is 9.57. The van der Waals surface area contributed by atoms with Gasteiger partial charge in [-0.3, -0.25) is 4.98 Å². The van der Waals surface area contributed by atoms with Gasteiger partial charge in [0.25, 0.3) is 0 Å². The van der Waals surface area contributed by atoms with Crippen molar-refractivity contribution >= 4 is 5.82 Å². The van der Waals surface area contributed by atoms with Crippen LogP contribution in [0.15, 0.2) is 18.7 Å². The summed E-state index contributed by atoms with van der Waals surface area (Å²) in [6.07, 6.45) is 5.00. The van der Waals surface area contributed by atoms with Gasteiger partial charge in [-0.1, -0.05) is 0 Å². The van der Waals surface area contributed by atoms with Crippen molar-refractivity contribution in [3.05, 3.63) is 30.2 Å². The Morgan fingerprint density at radius 2 is 2.13 bits per heavy atom. The number of aromatic nitrogens is 5. The van der Waals surface area contributed by atoms with Crippen molar-refractivity contribution in [2.45, 2.75) is 13.5 Å². The highest BCUT2D eigenvalue weighted by molar-refractivity contribution is 5.38. The Kier molecular flexibility index (Phi) is 2.57. The maximum atomic E-state index is 4.18. The molecule has 0 aliphatic rings. The fourth-order valence-electron chi connectivity index (χ4n) is 1.21. The summed E-state index contributed by atoms with van der Waals surface area (Å²) in [7, 11) is 1.90. The van der Waals surface area contributed by atoms with Crippen LogP contribution in [-0.4, -0.2) is 24.7 Å². The molecule has 1 N–H and O–H groups in total. The molecule has 15 heavy (non-hydrogen) atoms. The Morgan fingerprint density at radius 3 is 2.80 bits per heavy atom. The molecule has 0 spiro atoms. The van der Waals surface area contributed by atoms with Crippen LogP contribution in [0.1, 0.15) is 11.5 Å². The van der Waals surface area contributed by atoms with E-state index in [4.69, 9.17) is 0 Å². The number of rotatable bonds is 3. The zero-order valence-electron chi connectivity index (χ0n) is 8.68. The molecule has 0 aliphatic carbocycles. The Bertz CT molecular complexity index is 449. The second-order valence-corrected chi connectivity index (χ2v) is 3.20. The van der Waals surface area contributed by atoms with Gasteiger partial charge in [0.15, 0.2) is 5.82 Å². The molecule has 2 aromatic heterocycles. The first-order valence-electron chi connectivity index (χ1n) is 4.61. The first-order valence-corrected chi connectivity index (χ1v) is 4.61. The van der Waals surface area contributed by atoms with Gasteiger partial charge >= 0.3 is 0 Å². The lowest BCUT2D eigenvalue weighted by molar-refractivity contribution is 0.808. The summed E-state index contributed by atoms with van der Waals surface area (Å²) in [5.74, 6) is 1.64. The molecule has 0 saturated carbocycles. The highest BCUT2D eigenvalue weighted by atomic mass is 15.3. The van der Waals surface area contributed by atoms with E-state index in [1.165, 1.54) is 0 Å². The quantitative estimate of drug-likeness (QED) is 0.789. The standard InChI is InChI=1S/C9H12N6/c1-7-9(11-4-3-10-7)12-5-8-14-13-6-15(8)2/h3-4,6H,5H2,1-2H3,(H,11,12). The van der Waals surface area contributed by atoms with E-state index in [0.29, 0.717) is 6.54 Å². The van der Waals surface area contributed by atoms with Gasteiger partial charge in [0, 0.05) is 19.4 Å². The van der Waals surface area contributed by atoms with Crippen LogP contribution in [0, 0.1) is 6.92 Å². The summed E-state index contributed by atoms with van der Waals surface area (Å²) in [6, 6.07) is 0. The van der Waals surface area contributed by atoms with E-state index in [0.717, 1.165) is 17.3 Å². The van der Waals surface area contributed by atoms with Crippen LogP contribution in [0.25, 0.3) is 0 Å². The summed E-state index contributed by atoms with van der Waals surface area (Å²) < 4.78 is 1.86. The van der Waals surface area contributed by atoms with Gasteiger partial charge < -0.3 is 9.88 Å². The molecule has 2 heterocycles. The topological polar surface area (TPSA) is 68.5 Å². The third-order valence-corrected chi connectivity index (χ3v) is 2.10. The molecule has 0 atom stereocenters. The molecule has 0 bridgehead atoms. The Morgan fingerprint density at radius 1 is 1.33 bits per heavy atom. The van der Waals surface area contributed by atoms with Crippen LogP contribution < -0.4 is 5.32 Å². The molecule has 0 aliphatic heterocycles. The van der Waals surface area contributed by atoms with Crippen LogP contribution in [0.5, 0.6) is 0 Å². The van der Waals surface area contributed by atoms with E-state index in [-0.39, 0.29) is 0 Å². The lowest BCUT2D eigenvalue weighted by Gasteiger charge is -2.06. The predicted octanol–water partition coefficient (Wildman–Crippen LogP) is 0.526. The summed E-state index contributed by atoms with van der Waals surface area (Å²) in [5, 5.41) is 10.9. The van der Waals surface area contributed by atoms with Crippen molar-refractivity contribution in [2.75, 3.05) is 5.32 Å². The molecule has 6 heteroatoms. The zero-order chi connectivity index (χ0) is 10.7. The Hall–Kier alpha value is -1.98. The molecule has 0 saturated heterocycles. The van der Waals surface area contributed by atoms with Gasteiger partial charge in [0.1, 0.15) is 12.1 Å². The number of hydrogen-bond acceptors (Lipinski definition) is 5. The van der Waals surface area contributed by atoms with E-state index in [1.807, 2.05) is 18.5 Å². The minimum atomic E-state index is 0.593. The van der Waals surface area contributed by atoms with Crippen molar-refractivity contribution in [1.82, 2.24) is 24.7 Å².